The first-order chi connectivity index (χ1) is 9.79. The highest BCUT2D eigenvalue weighted by Gasteiger charge is 2.06. The Morgan fingerprint density at radius 2 is 1.75 bits per heavy atom. The molecule has 20 heavy (non-hydrogen) atoms. The van der Waals surface area contributed by atoms with Crippen LogP contribution in [-0.4, -0.2) is 13.4 Å². The van der Waals surface area contributed by atoms with Gasteiger partial charge in [0.05, 0.1) is 0 Å². The van der Waals surface area contributed by atoms with E-state index >= 15 is 0 Å². The molecule has 4 heteroatoms. The molecule has 0 aliphatic heterocycles. The predicted molar refractivity (Wildman–Crippen MR) is 79.3 cm³/mol. The van der Waals surface area contributed by atoms with E-state index in [9.17, 15) is 0 Å². The van der Waals surface area contributed by atoms with Gasteiger partial charge in [0.2, 0.25) is 0 Å². The van der Waals surface area contributed by atoms with E-state index in [1.54, 1.807) is 18.2 Å². The minimum Gasteiger partial charge on any atom is -0.485 e. The van der Waals surface area contributed by atoms with E-state index in [0.717, 1.165) is 5.56 Å². The number of ether oxygens (including phenoxy) is 3. The quantitative estimate of drug-likeness (QED) is 0.563. The molecule has 0 aromatic heterocycles. The molecule has 0 aliphatic carbocycles. The molecule has 106 valence electrons. The Hall–Kier alpha value is -1.71. The Balaban J connectivity index is 2.02. The summed E-state index contributed by atoms with van der Waals surface area (Å²) in [4.78, 5) is 0. The number of hydrogen-bond acceptors (Lipinski definition) is 3. The highest BCUT2D eigenvalue weighted by Crippen LogP contribution is 2.31. The first-order valence-corrected chi connectivity index (χ1v) is 6.84. The lowest BCUT2D eigenvalue weighted by Crippen LogP contribution is -2.04. The van der Waals surface area contributed by atoms with Gasteiger partial charge >= 0.3 is 0 Å². The summed E-state index contributed by atoms with van der Waals surface area (Å²) in [5, 5.41) is 0.601. The second kappa shape index (κ2) is 7.78. The highest BCUT2D eigenvalue weighted by atomic mass is 35.5. The van der Waals surface area contributed by atoms with Crippen molar-refractivity contribution >= 4 is 11.6 Å². The fourth-order valence-corrected chi connectivity index (χ4v) is 1.80. The Labute approximate surface area is 124 Å². The smallest absolute Gasteiger partial charge is 0.189 e. The van der Waals surface area contributed by atoms with Crippen LogP contribution >= 0.6 is 11.6 Å². The van der Waals surface area contributed by atoms with Crippen LogP contribution in [0.25, 0.3) is 0 Å². The zero-order valence-corrected chi connectivity index (χ0v) is 12.1. The monoisotopic (exact) mass is 292 g/mol. The van der Waals surface area contributed by atoms with Gasteiger partial charge in [0.1, 0.15) is 6.61 Å². The molecule has 2 rings (SSSR count). The summed E-state index contributed by atoms with van der Waals surface area (Å²) in [6, 6.07) is 15.2. The van der Waals surface area contributed by atoms with E-state index in [0.29, 0.717) is 29.7 Å². The molecule has 0 bridgehead atoms. The Bertz CT molecular complexity index is 529. The fourth-order valence-electron chi connectivity index (χ4n) is 1.64. The van der Waals surface area contributed by atoms with Crippen molar-refractivity contribution in [1.29, 1.82) is 0 Å². The Morgan fingerprint density at radius 1 is 0.950 bits per heavy atom. The van der Waals surface area contributed by atoms with Crippen LogP contribution in [0.15, 0.2) is 48.5 Å². The molecule has 0 spiro atoms. The van der Waals surface area contributed by atoms with Gasteiger partial charge in [-0.1, -0.05) is 41.9 Å². The highest BCUT2D eigenvalue weighted by molar-refractivity contribution is 6.30. The zero-order valence-electron chi connectivity index (χ0n) is 11.3. The first-order valence-electron chi connectivity index (χ1n) is 6.46. The van der Waals surface area contributed by atoms with Crippen molar-refractivity contribution in [2.24, 2.45) is 0 Å². The van der Waals surface area contributed by atoms with Gasteiger partial charge in [-0.2, -0.15) is 0 Å². The predicted octanol–water partition coefficient (Wildman–Crippen LogP) is 4.29. The van der Waals surface area contributed by atoms with Gasteiger partial charge in [-0.15, -0.1) is 0 Å². The van der Waals surface area contributed by atoms with Gasteiger partial charge in [0, 0.05) is 17.7 Å². The lowest BCUT2D eigenvalue weighted by atomic mass is 10.2. The lowest BCUT2D eigenvalue weighted by Gasteiger charge is -2.13. The molecular formula is C16H17ClO3. The summed E-state index contributed by atoms with van der Waals surface area (Å²) in [7, 11) is 0. The molecule has 0 amide bonds. The Morgan fingerprint density at radius 3 is 2.50 bits per heavy atom. The summed E-state index contributed by atoms with van der Waals surface area (Å²) in [6.07, 6.45) is 0. The van der Waals surface area contributed by atoms with E-state index < -0.39 is 0 Å². The van der Waals surface area contributed by atoms with Crippen LogP contribution in [0, 0.1) is 0 Å². The van der Waals surface area contributed by atoms with Crippen LogP contribution in [0.4, 0.5) is 0 Å². The third kappa shape index (κ3) is 4.44. The topological polar surface area (TPSA) is 27.7 Å². The van der Waals surface area contributed by atoms with Gasteiger partial charge in [-0.25, -0.2) is 0 Å². The van der Waals surface area contributed by atoms with Crippen molar-refractivity contribution in [2.45, 2.75) is 13.5 Å². The minimum absolute atomic E-state index is 0.179. The average Bonchev–Trinajstić information content (AvgIpc) is 2.48. The van der Waals surface area contributed by atoms with Gasteiger partial charge in [-0.05, 0) is 24.6 Å². The Kier molecular flexibility index (Phi) is 5.71. The van der Waals surface area contributed by atoms with Gasteiger partial charge < -0.3 is 14.2 Å². The summed E-state index contributed by atoms with van der Waals surface area (Å²) >= 11 is 5.97. The van der Waals surface area contributed by atoms with Crippen molar-refractivity contribution in [2.75, 3.05) is 13.4 Å². The van der Waals surface area contributed by atoms with Gasteiger partial charge in [0.15, 0.2) is 18.3 Å². The van der Waals surface area contributed by atoms with Gasteiger partial charge in [-0.3, -0.25) is 0 Å². The molecule has 0 N–H and O–H groups in total. The molecule has 0 saturated carbocycles. The van der Waals surface area contributed by atoms with Gasteiger partial charge in [0.25, 0.3) is 0 Å². The lowest BCUT2D eigenvalue weighted by molar-refractivity contribution is 0.0204. The third-order valence-electron chi connectivity index (χ3n) is 2.64. The largest absolute Gasteiger partial charge is 0.485 e. The molecule has 3 nitrogen and oxygen atoms in total. The minimum atomic E-state index is 0.179. The van der Waals surface area contributed by atoms with Crippen LogP contribution in [0.3, 0.4) is 0 Å². The van der Waals surface area contributed by atoms with E-state index in [1.807, 2.05) is 37.3 Å². The molecule has 0 saturated heterocycles. The molecule has 0 unspecified atom stereocenters. The van der Waals surface area contributed by atoms with E-state index in [4.69, 9.17) is 25.8 Å². The average molecular weight is 293 g/mol. The van der Waals surface area contributed by atoms with E-state index in [2.05, 4.69) is 0 Å². The number of halogens is 1. The summed E-state index contributed by atoms with van der Waals surface area (Å²) in [6.45, 7) is 3.17. The van der Waals surface area contributed by atoms with Crippen LogP contribution in [0.2, 0.25) is 5.02 Å². The van der Waals surface area contributed by atoms with Crippen molar-refractivity contribution in [3.8, 4) is 11.5 Å². The summed E-state index contributed by atoms with van der Waals surface area (Å²) in [5.74, 6) is 1.24. The molecule has 2 aromatic carbocycles. The third-order valence-corrected chi connectivity index (χ3v) is 2.88. The fraction of sp³-hybridized carbons (Fsp3) is 0.250. The maximum atomic E-state index is 5.97. The van der Waals surface area contributed by atoms with Crippen molar-refractivity contribution < 1.29 is 14.2 Å². The number of hydrogen-bond donors (Lipinski definition) is 0. The number of rotatable bonds is 7. The molecule has 0 atom stereocenters. The second-order valence-electron chi connectivity index (χ2n) is 4.12. The van der Waals surface area contributed by atoms with Crippen molar-refractivity contribution in [1.82, 2.24) is 0 Å². The van der Waals surface area contributed by atoms with E-state index in [1.165, 1.54) is 0 Å². The van der Waals surface area contributed by atoms with Crippen LogP contribution in [0.1, 0.15) is 12.5 Å². The van der Waals surface area contributed by atoms with E-state index in [-0.39, 0.29) is 6.79 Å². The maximum absolute atomic E-state index is 5.97. The molecule has 0 fully saturated rings. The van der Waals surface area contributed by atoms with Crippen LogP contribution in [-0.2, 0) is 11.3 Å². The standard InChI is InChI=1S/C16H17ClO3/c1-2-18-12-20-16-10-14(17)8-9-15(16)19-11-13-6-4-3-5-7-13/h3-10H,2,11-12H2,1H3. The second-order valence-corrected chi connectivity index (χ2v) is 4.56. The summed E-state index contributed by atoms with van der Waals surface area (Å²) < 4.78 is 16.5. The van der Waals surface area contributed by atoms with Crippen LogP contribution < -0.4 is 9.47 Å². The SMILES string of the molecule is CCOCOc1cc(Cl)ccc1OCc1ccccc1. The van der Waals surface area contributed by atoms with Crippen molar-refractivity contribution in [3.63, 3.8) is 0 Å². The molecule has 2 aromatic rings. The van der Waals surface area contributed by atoms with Crippen LogP contribution in [0.5, 0.6) is 11.5 Å². The number of benzene rings is 2. The molecule has 0 aliphatic rings. The normalized spacial score (nSPS) is 10.3. The molecule has 0 radical (unpaired) electrons. The van der Waals surface area contributed by atoms with Crippen molar-refractivity contribution in [3.05, 3.63) is 59.1 Å². The summed E-state index contributed by atoms with van der Waals surface area (Å²) in [5.41, 5.74) is 1.10. The molecular weight excluding hydrogens is 276 g/mol. The first kappa shape index (κ1) is 14.7. The molecule has 0 heterocycles. The maximum Gasteiger partial charge on any atom is 0.189 e. The zero-order chi connectivity index (χ0) is 14.2.